The van der Waals surface area contributed by atoms with Gasteiger partial charge in [-0.15, -0.1) is 0 Å². The van der Waals surface area contributed by atoms with Crippen LogP contribution in [0.15, 0.2) is 0 Å². The van der Waals surface area contributed by atoms with E-state index in [1.807, 2.05) is 0 Å². The smallest absolute Gasteiger partial charge is 0.550 e. The van der Waals surface area contributed by atoms with E-state index < -0.39 is 5.97 Å². The molecule has 0 unspecified atom stereocenters. The first-order valence-corrected chi connectivity index (χ1v) is 0.908. The molecule has 4 heteroatoms. The summed E-state index contributed by atoms with van der Waals surface area (Å²) in [6.07, 6.45) is 0. The Morgan fingerprint density at radius 1 is 1.67 bits per heavy atom. The maximum atomic E-state index is 8.89. The van der Waals surface area contributed by atoms with E-state index in [0.717, 1.165) is 6.92 Å². The molecule has 0 rings (SSSR count). The topological polar surface area (TPSA) is 40.1 Å². The third-order valence-electron chi connectivity index (χ3n) is 0. The van der Waals surface area contributed by atoms with Gasteiger partial charge in [-0.2, -0.15) is 0 Å². The van der Waals surface area contributed by atoms with E-state index in [-0.39, 0.29) is 36.5 Å². The van der Waals surface area contributed by atoms with Gasteiger partial charge in [0.25, 0.3) is 0 Å². The molecule has 0 aliphatic rings. The Morgan fingerprint density at radius 3 is 1.67 bits per heavy atom. The summed E-state index contributed by atoms with van der Waals surface area (Å²) >= 11 is 0. The number of rotatable bonds is 0. The van der Waals surface area contributed by atoms with Gasteiger partial charge >= 0.3 is 17.1 Å². The number of carbonyl (C=O) groups is 1. The fraction of sp³-hybridized carbons (Fsp3) is 0.500. The third kappa shape index (κ3) is 160. The largest absolute Gasteiger partial charge is 1.00 e. The molecule has 0 bridgehead atoms. The molecule has 0 fully saturated rings. The molecule has 43 valence electrons. The summed E-state index contributed by atoms with van der Waals surface area (Å²) in [6.45, 7) is 0.972. The van der Waals surface area contributed by atoms with Gasteiger partial charge in [0, 0.05) is 25.4 Å². The van der Waals surface area contributed by atoms with Crippen molar-refractivity contribution in [3.8, 4) is 0 Å². The molecule has 0 aliphatic heterocycles. The van der Waals surface area contributed by atoms with Gasteiger partial charge in [0.1, 0.15) is 0 Å². The van der Waals surface area contributed by atoms with E-state index in [4.69, 9.17) is 9.90 Å². The molecule has 0 atom stereocenters. The van der Waals surface area contributed by atoms with E-state index in [9.17, 15) is 0 Å². The van der Waals surface area contributed by atoms with Crippen LogP contribution >= 0.6 is 0 Å². The Labute approximate surface area is 59.5 Å². The van der Waals surface area contributed by atoms with Crippen LogP contribution in [-0.4, -0.2) is 5.97 Å². The molecular formula is C2H3CuO2Rh. The Hall–Kier alpha value is 0.613. The van der Waals surface area contributed by atoms with Gasteiger partial charge in [-0.25, -0.2) is 0 Å². The molecule has 6 heavy (non-hydrogen) atoms. The van der Waals surface area contributed by atoms with Crippen LogP contribution in [0.4, 0.5) is 0 Å². The molecule has 0 aliphatic carbocycles. The summed E-state index contributed by atoms with van der Waals surface area (Å²) in [5, 5.41) is 8.89. The molecule has 0 heterocycles. The third-order valence-corrected chi connectivity index (χ3v) is 0. The summed E-state index contributed by atoms with van der Waals surface area (Å²) in [7, 11) is 0. The fourth-order valence-electron chi connectivity index (χ4n) is 0. The molecule has 0 aromatic heterocycles. The van der Waals surface area contributed by atoms with Crippen molar-refractivity contribution in [3.63, 3.8) is 0 Å². The molecule has 0 saturated heterocycles. The maximum absolute atomic E-state index is 8.89. The van der Waals surface area contributed by atoms with Crippen molar-refractivity contribution < 1.29 is 46.4 Å². The Morgan fingerprint density at radius 2 is 1.67 bits per heavy atom. The SMILES string of the molecule is CC(=O)[O-].[Cu+].[Rh]. The van der Waals surface area contributed by atoms with E-state index in [1.54, 1.807) is 0 Å². The summed E-state index contributed by atoms with van der Waals surface area (Å²) in [6, 6.07) is 0. The van der Waals surface area contributed by atoms with E-state index in [1.165, 1.54) is 0 Å². The van der Waals surface area contributed by atoms with Crippen molar-refractivity contribution >= 4 is 5.97 Å². The van der Waals surface area contributed by atoms with Gasteiger partial charge in [-0.05, 0) is 6.92 Å². The zero-order valence-corrected chi connectivity index (χ0v) is 5.53. The zero-order valence-electron chi connectivity index (χ0n) is 2.95. The standard InChI is InChI=1S/C2H4O2.Cu.Rh/c1-2(3)4;;/h1H3,(H,3,4);;/q;+1;/p-1. The minimum atomic E-state index is -1.08. The van der Waals surface area contributed by atoms with Crippen LogP contribution in [0.5, 0.6) is 0 Å². The number of hydrogen-bond acceptors (Lipinski definition) is 2. The van der Waals surface area contributed by atoms with Crippen molar-refractivity contribution in [2.75, 3.05) is 0 Å². The Bertz CT molecular complexity index is 34.5. The van der Waals surface area contributed by atoms with Crippen molar-refractivity contribution in [3.05, 3.63) is 0 Å². The van der Waals surface area contributed by atoms with E-state index >= 15 is 0 Å². The molecule has 0 spiro atoms. The second kappa shape index (κ2) is 9.15. The van der Waals surface area contributed by atoms with Crippen LogP contribution in [0.3, 0.4) is 0 Å². The maximum Gasteiger partial charge on any atom is 1.00 e. The van der Waals surface area contributed by atoms with Crippen molar-refractivity contribution in [1.82, 2.24) is 0 Å². The van der Waals surface area contributed by atoms with Gasteiger partial charge in [-0.3, -0.25) is 0 Å². The molecule has 0 amide bonds. The van der Waals surface area contributed by atoms with E-state index in [0.29, 0.717) is 0 Å². The predicted molar refractivity (Wildman–Crippen MR) is 10.7 cm³/mol. The first-order chi connectivity index (χ1) is 1.73. The fourth-order valence-corrected chi connectivity index (χ4v) is 0. The minimum absolute atomic E-state index is 0. The first kappa shape index (κ1) is 16.0. The Balaban J connectivity index is -0.0000000450. The van der Waals surface area contributed by atoms with Gasteiger partial charge in [0.15, 0.2) is 0 Å². The number of carboxylic acids is 1. The van der Waals surface area contributed by atoms with Gasteiger partial charge in [0.05, 0.1) is 0 Å². The molecule has 0 N–H and O–H groups in total. The van der Waals surface area contributed by atoms with Crippen molar-refractivity contribution in [2.45, 2.75) is 6.92 Å². The van der Waals surface area contributed by atoms with Crippen LogP contribution in [0.1, 0.15) is 6.92 Å². The van der Waals surface area contributed by atoms with Crippen LogP contribution in [-0.2, 0) is 41.3 Å². The molecule has 1 radical (unpaired) electrons. The molecule has 2 nitrogen and oxygen atoms in total. The van der Waals surface area contributed by atoms with Gasteiger partial charge in [-0.1, -0.05) is 0 Å². The normalized spacial score (nSPS) is 4.17. The van der Waals surface area contributed by atoms with Crippen LogP contribution in [0.2, 0.25) is 0 Å². The number of carboxylic acid groups (broad SMARTS) is 1. The molecule has 0 aromatic rings. The molecule has 0 aromatic carbocycles. The first-order valence-electron chi connectivity index (χ1n) is 0.908. The molecular weight excluding hydrogens is 222 g/mol. The number of hydrogen-bond donors (Lipinski definition) is 0. The zero-order chi connectivity index (χ0) is 3.58. The predicted octanol–water partition coefficient (Wildman–Crippen LogP) is -1.25. The van der Waals surface area contributed by atoms with E-state index in [2.05, 4.69) is 0 Å². The summed E-state index contributed by atoms with van der Waals surface area (Å²) in [4.78, 5) is 8.89. The van der Waals surface area contributed by atoms with Crippen molar-refractivity contribution in [1.29, 1.82) is 0 Å². The average Bonchev–Trinajstić information content (AvgIpc) is 0.811. The Kier molecular flexibility index (Phi) is 24.3. The number of carbonyl (C=O) groups excluding carboxylic acids is 1. The van der Waals surface area contributed by atoms with Crippen LogP contribution in [0, 0.1) is 0 Å². The van der Waals surface area contributed by atoms with Crippen molar-refractivity contribution in [2.24, 2.45) is 0 Å². The summed E-state index contributed by atoms with van der Waals surface area (Å²) in [5.74, 6) is -1.08. The van der Waals surface area contributed by atoms with Crippen LogP contribution in [0.25, 0.3) is 0 Å². The molecule has 0 saturated carbocycles. The minimum Gasteiger partial charge on any atom is -0.550 e. The second-order valence-corrected chi connectivity index (χ2v) is 0.492. The summed E-state index contributed by atoms with van der Waals surface area (Å²) < 4.78 is 0. The average molecular weight is 225 g/mol. The summed E-state index contributed by atoms with van der Waals surface area (Å²) in [5.41, 5.74) is 0. The van der Waals surface area contributed by atoms with Gasteiger partial charge < -0.3 is 9.90 Å². The quantitative estimate of drug-likeness (QED) is 0.484. The number of aliphatic carboxylic acids is 1. The second-order valence-electron chi connectivity index (χ2n) is 0.492. The van der Waals surface area contributed by atoms with Gasteiger partial charge in [0.2, 0.25) is 0 Å². The van der Waals surface area contributed by atoms with Crippen LogP contribution < -0.4 is 5.11 Å². The monoisotopic (exact) mass is 225 g/mol.